The van der Waals surface area contributed by atoms with E-state index >= 15 is 0 Å². The number of nitrogens with zero attached hydrogens (tertiary/aromatic N) is 4. The summed E-state index contributed by atoms with van der Waals surface area (Å²) in [6.07, 6.45) is 1.85. The monoisotopic (exact) mass is 466 g/mol. The fraction of sp³-hybridized carbons (Fsp3) is 0.417. The third-order valence-electron chi connectivity index (χ3n) is 6.06. The molecule has 178 valence electrons. The molecule has 3 aromatic rings. The van der Waals surface area contributed by atoms with E-state index in [9.17, 15) is 19.4 Å². The lowest BCUT2D eigenvalue weighted by Gasteiger charge is -2.44. The molecule has 1 amide bonds. The van der Waals surface area contributed by atoms with Crippen molar-refractivity contribution in [1.82, 2.24) is 19.9 Å². The zero-order valence-corrected chi connectivity index (χ0v) is 19.2. The van der Waals surface area contributed by atoms with E-state index in [1.807, 2.05) is 19.1 Å². The van der Waals surface area contributed by atoms with E-state index in [1.54, 1.807) is 16.6 Å². The van der Waals surface area contributed by atoms with Crippen LogP contribution in [-0.4, -0.2) is 60.7 Å². The first-order chi connectivity index (χ1) is 16.0. The summed E-state index contributed by atoms with van der Waals surface area (Å²) in [6.45, 7) is 4.27. The molecule has 10 heteroatoms. The molecule has 0 bridgehead atoms. The molecule has 3 heterocycles. The average molecular weight is 467 g/mol. The lowest BCUT2D eigenvalue weighted by molar-refractivity contribution is -0.00177. The first-order valence-corrected chi connectivity index (χ1v) is 11.0. The molecule has 3 aromatic heterocycles. The van der Waals surface area contributed by atoms with Gasteiger partial charge >= 0.3 is 0 Å². The van der Waals surface area contributed by atoms with Gasteiger partial charge in [0, 0.05) is 11.7 Å². The predicted octanol–water partition coefficient (Wildman–Crippen LogP) is 2.43. The number of halogens is 1. The Morgan fingerprint density at radius 3 is 2.76 bits per heavy atom. The van der Waals surface area contributed by atoms with Crippen molar-refractivity contribution >= 4 is 17.1 Å². The minimum Gasteiger partial charge on any atom is -0.393 e. The normalized spacial score (nSPS) is 20.9. The molecule has 0 radical (unpaired) electrons. The smallest absolute Gasteiger partial charge is 0.255 e. The number of hydrogen-bond donors (Lipinski definition) is 4. The van der Waals surface area contributed by atoms with Gasteiger partial charge in [-0.2, -0.15) is 10.4 Å². The predicted molar refractivity (Wildman–Crippen MR) is 124 cm³/mol. The highest BCUT2D eigenvalue weighted by Gasteiger charge is 2.40. The van der Waals surface area contributed by atoms with E-state index in [4.69, 9.17) is 5.26 Å². The number of carbonyl (C=O) groups excluding carboxylic acids is 1. The Bertz CT molecular complexity index is 1270. The highest BCUT2D eigenvalue weighted by atomic mass is 19.1. The van der Waals surface area contributed by atoms with Crippen LogP contribution in [0.25, 0.3) is 16.9 Å². The maximum absolute atomic E-state index is 14.2. The number of fused-ring (bicyclic) bond motifs is 1. The van der Waals surface area contributed by atoms with Crippen LogP contribution in [-0.2, 0) is 0 Å². The molecule has 4 rings (SSSR count). The summed E-state index contributed by atoms with van der Waals surface area (Å²) >= 11 is 0. The Labute approximate surface area is 196 Å². The molecule has 1 fully saturated rings. The summed E-state index contributed by atoms with van der Waals surface area (Å²) < 4.78 is 15.8. The molecule has 1 aliphatic carbocycles. The number of carbonyl (C=O) groups is 1. The highest BCUT2D eigenvalue weighted by Crippen LogP contribution is 2.37. The van der Waals surface area contributed by atoms with Crippen LogP contribution in [0, 0.1) is 11.3 Å². The van der Waals surface area contributed by atoms with Crippen LogP contribution in [0.2, 0.25) is 0 Å². The first-order valence-electron chi connectivity index (χ1n) is 11.0. The van der Waals surface area contributed by atoms with Crippen molar-refractivity contribution < 1.29 is 19.4 Å². The number of aliphatic hydroxyl groups excluding tert-OH is 1. The van der Waals surface area contributed by atoms with Crippen LogP contribution in [0.15, 0.2) is 36.7 Å². The number of nitriles is 1. The van der Waals surface area contributed by atoms with Crippen LogP contribution in [0.4, 0.5) is 10.1 Å². The standard InChI is InChI=1S/C24H27FN6O3/c1-23(2,34)21(25)13-28-22(33)17-12-27-19(7-18(17)30-24(3)8-16(32)9-24)20-5-4-15-6-14(10-26)11-29-31(15)20/h4-7,11-12,16,21,32,34H,8-9,13H2,1-3H3,(H,27,30)(H,28,33)/t16-,21-,24-/m1/s1. The maximum atomic E-state index is 14.2. The van der Waals surface area contributed by atoms with Gasteiger partial charge in [-0.1, -0.05) is 0 Å². The fourth-order valence-corrected chi connectivity index (χ4v) is 4.07. The lowest BCUT2D eigenvalue weighted by atomic mass is 9.75. The largest absolute Gasteiger partial charge is 0.393 e. The molecule has 4 N–H and O–H groups in total. The summed E-state index contributed by atoms with van der Waals surface area (Å²) in [7, 11) is 0. The number of aliphatic hydroxyl groups is 2. The van der Waals surface area contributed by atoms with Crippen molar-refractivity contribution in [3.8, 4) is 17.5 Å². The van der Waals surface area contributed by atoms with E-state index in [0.29, 0.717) is 35.5 Å². The van der Waals surface area contributed by atoms with E-state index in [1.165, 1.54) is 26.2 Å². The Hall–Kier alpha value is -3.55. The topological polar surface area (TPSA) is 136 Å². The van der Waals surface area contributed by atoms with Crippen molar-refractivity contribution in [2.45, 2.75) is 57.0 Å². The molecule has 0 aromatic carbocycles. The number of aromatic nitrogens is 3. The lowest BCUT2D eigenvalue weighted by Crippen LogP contribution is -2.51. The third kappa shape index (κ3) is 4.71. The Kier molecular flexibility index (Phi) is 6.02. The Balaban J connectivity index is 1.67. The average Bonchev–Trinajstić information content (AvgIpc) is 3.18. The van der Waals surface area contributed by atoms with Crippen LogP contribution in [0.3, 0.4) is 0 Å². The van der Waals surface area contributed by atoms with Crippen LogP contribution in [0.5, 0.6) is 0 Å². The van der Waals surface area contributed by atoms with Gasteiger partial charge in [-0.3, -0.25) is 9.78 Å². The molecular formula is C24H27FN6O3. The molecule has 0 unspecified atom stereocenters. The van der Waals surface area contributed by atoms with Gasteiger partial charge in [0.05, 0.1) is 58.2 Å². The second-order valence-electron chi connectivity index (χ2n) is 9.61. The summed E-state index contributed by atoms with van der Waals surface area (Å²) in [5, 5.41) is 38.9. The zero-order chi connectivity index (χ0) is 24.7. The van der Waals surface area contributed by atoms with Crippen molar-refractivity contribution in [3.63, 3.8) is 0 Å². The number of nitrogens with one attached hydrogen (secondary N) is 2. The minimum absolute atomic E-state index is 0.217. The van der Waals surface area contributed by atoms with Crippen molar-refractivity contribution in [2.24, 2.45) is 0 Å². The van der Waals surface area contributed by atoms with Gasteiger partial charge in [0.15, 0.2) is 0 Å². The van der Waals surface area contributed by atoms with Crippen molar-refractivity contribution in [1.29, 1.82) is 5.26 Å². The van der Waals surface area contributed by atoms with Gasteiger partial charge in [0.2, 0.25) is 0 Å². The maximum Gasteiger partial charge on any atom is 0.255 e. The minimum atomic E-state index is -1.64. The molecule has 0 saturated heterocycles. The van der Waals surface area contributed by atoms with Gasteiger partial charge in [-0.05, 0) is 57.9 Å². The van der Waals surface area contributed by atoms with E-state index in [0.717, 1.165) is 5.52 Å². The van der Waals surface area contributed by atoms with Gasteiger partial charge in [-0.25, -0.2) is 8.91 Å². The Morgan fingerprint density at radius 1 is 1.38 bits per heavy atom. The quantitative estimate of drug-likeness (QED) is 0.420. The van der Waals surface area contributed by atoms with Crippen molar-refractivity contribution in [2.75, 3.05) is 11.9 Å². The van der Waals surface area contributed by atoms with Crippen molar-refractivity contribution in [3.05, 3.63) is 47.8 Å². The van der Waals surface area contributed by atoms with E-state index in [2.05, 4.69) is 26.8 Å². The van der Waals surface area contributed by atoms with E-state index in [-0.39, 0.29) is 12.1 Å². The molecule has 9 nitrogen and oxygen atoms in total. The van der Waals surface area contributed by atoms with Crippen LogP contribution >= 0.6 is 0 Å². The number of pyridine rings is 1. The molecule has 0 spiro atoms. The number of anilines is 1. The SMILES string of the molecule is CC(C)(O)[C@H](F)CNC(=O)c1cnc(-c2ccc3cc(C#N)cnn23)cc1N[C@]1(C)C[C@@H](O)C1. The second kappa shape index (κ2) is 8.66. The molecule has 0 aliphatic heterocycles. The second-order valence-corrected chi connectivity index (χ2v) is 9.61. The van der Waals surface area contributed by atoms with Crippen LogP contribution < -0.4 is 10.6 Å². The number of hydrogen-bond acceptors (Lipinski definition) is 7. The molecule has 34 heavy (non-hydrogen) atoms. The molecule has 1 atom stereocenters. The van der Waals surface area contributed by atoms with Crippen LogP contribution in [0.1, 0.15) is 49.5 Å². The summed E-state index contributed by atoms with van der Waals surface area (Å²) in [4.78, 5) is 17.3. The molecule has 1 saturated carbocycles. The van der Waals surface area contributed by atoms with Gasteiger partial charge in [0.1, 0.15) is 12.2 Å². The number of rotatable bonds is 7. The third-order valence-corrected chi connectivity index (χ3v) is 6.06. The summed E-state index contributed by atoms with van der Waals surface area (Å²) in [5.74, 6) is -0.534. The van der Waals surface area contributed by atoms with Gasteiger partial charge in [-0.15, -0.1) is 0 Å². The Morgan fingerprint density at radius 2 is 2.12 bits per heavy atom. The zero-order valence-electron chi connectivity index (χ0n) is 19.2. The number of alkyl halides is 1. The van der Waals surface area contributed by atoms with E-state index < -0.39 is 29.3 Å². The number of amides is 1. The highest BCUT2D eigenvalue weighted by molar-refractivity contribution is 6.00. The fourth-order valence-electron chi connectivity index (χ4n) is 4.07. The first kappa shape index (κ1) is 23.6. The molecular weight excluding hydrogens is 439 g/mol. The summed E-state index contributed by atoms with van der Waals surface area (Å²) in [6, 6.07) is 9.13. The van der Waals surface area contributed by atoms with Gasteiger partial charge in [0.25, 0.3) is 5.91 Å². The van der Waals surface area contributed by atoms with Gasteiger partial charge < -0.3 is 20.8 Å². The summed E-state index contributed by atoms with van der Waals surface area (Å²) in [5.41, 5.74) is 1.08. The molecule has 1 aliphatic rings.